The number of unbranched alkanes of at least 4 members (excludes halogenated alkanes) is 2. The maximum absolute atomic E-state index is 14.5. The molecule has 0 saturated carbocycles. The molecular weight excluding hydrogens is 373 g/mol. The molecule has 0 heterocycles. The second-order valence-corrected chi connectivity index (χ2v) is 6.92. The highest BCUT2D eigenvalue weighted by atomic mass is 35.5. The van der Waals surface area contributed by atoms with Crippen LogP contribution < -0.4 is 4.74 Å². The molecule has 3 aromatic rings. The summed E-state index contributed by atoms with van der Waals surface area (Å²) < 4.78 is 47.9. The van der Waals surface area contributed by atoms with E-state index in [1.165, 1.54) is 36.4 Å². The Labute approximate surface area is 161 Å². The zero-order valence-corrected chi connectivity index (χ0v) is 15.7. The van der Waals surface area contributed by atoms with Gasteiger partial charge in [0.15, 0.2) is 0 Å². The number of benzene rings is 3. The third-order valence-electron chi connectivity index (χ3n) is 4.48. The van der Waals surface area contributed by atoms with E-state index >= 15 is 0 Å². The van der Waals surface area contributed by atoms with Gasteiger partial charge in [0.1, 0.15) is 11.6 Å². The lowest BCUT2D eigenvalue weighted by molar-refractivity contribution is -0.185. The fourth-order valence-corrected chi connectivity index (χ4v) is 3.12. The third-order valence-corrected chi connectivity index (χ3v) is 4.78. The number of hydrogen-bond donors (Lipinski definition) is 0. The fourth-order valence-electron chi connectivity index (χ4n) is 2.96. The molecule has 1 nitrogen and oxygen atoms in total. The van der Waals surface area contributed by atoms with Gasteiger partial charge in [-0.25, -0.2) is 4.39 Å². The molecule has 0 saturated heterocycles. The summed E-state index contributed by atoms with van der Waals surface area (Å²) in [5.74, 6) is -0.618. The minimum Gasteiger partial charge on any atom is -0.429 e. The van der Waals surface area contributed by atoms with Crippen LogP contribution in [0.3, 0.4) is 0 Å². The Morgan fingerprint density at radius 2 is 1.70 bits per heavy atom. The van der Waals surface area contributed by atoms with E-state index < -0.39 is 11.9 Å². The van der Waals surface area contributed by atoms with E-state index in [4.69, 9.17) is 16.3 Å². The summed E-state index contributed by atoms with van der Waals surface area (Å²) in [6, 6.07) is 13.2. The molecule has 0 radical (unpaired) electrons. The van der Waals surface area contributed by atoms with Gasteiger partial charge in [-0.3, -0.25) is 0 Å². The summed E-state index contributed by atoms with van der Waals surface area (Å²) in [4.78, 5) is 0. The number of hydrogen-bond acceptors (Lipinski definition) is 1. The smallest absolute Gasteiger partial charge is 0.426 e. The van der Waals surface area contributed by atoms with Gasteiger partial charge in [0.25, 0.3) is 0 Å². The molecular formula is C22H20ClF3O. The normalized spacial score (nSPS) is 11.7. The quantitative estimate of drug-likeness (QED) is 0.378. The van der Waals surface area contributed by atoms with Crippen LogP contribution >= 0.6 is 11.6 Å². The van der Waals surface area contributed by atoms with E-state index in [1.54, 1.807) is 18.2 Å². The van der Waals surface area contributed by atoms with Crippen LogP contribution in [-0.4, -0.2) is 0 Å². The summed E-state index contributed by atoms with van der Waals surface area (Å²) in [5, 5.41) is 0.687. The van der Waals surface area contributed by atoms with Crippen LogP contribution in [0.5, 0.6) is 5.75 Å². The Bertz CT molecular complexity index is 923. The zero-order chi connectivity index (χ0) is 19.4. The molecule has 0 aromatic heterocycles. The van der Waals surface area contributed by atoms with E-state index in [-0.39, 0.29) is 21.7 Å². The van der Waals surface area contributed by atoms with Crippen LogP contribution in [0.4, 0.5) is 13.2 Å². The van der Waals surface area contributed by atoms with Crippen LogP contribution in [0.2, 0.25) is 5.02 Å². The lowest BCUT2D eigenvalue weighted by atomic mass is 10.0. The molecule has 27 heavy (non-hydrogen) atoms. The Balaban J connectivity index is 1.77. The van der Waals surface area contributed by atoms with Gasteiger partial charge < -0.3 is 4.74 Å². The van der Waals surface area contributed by atoms with E-state index in [0.29, 0.717) is 5.39 Å². The fraction of sp³-hybridized carbons (Fsp3) is 0.273. The molecule has 0 amide bonds. The molecule has 0 aliphatic carbocycles. The lowest BCUT2D eigenvalue weighted by Gasteiger charge is -2.19. The molecule has 0 atom stereocenters. The first-order chi connectivity index (χ1) is 12.9. The van der Waals surface area contributed by atoms with Gasteiger partial charge in [0, 0.05) is 5.39 Å². The second kappa shape index (κ2) is 8.22. The molecule has 3 aromatic carbocycles. The van der Waals surface area contributed by atoms with Gasteiger partial charge in [-0.2, -0.15) is 8.78 Å². The molecule has 0 aliphatic rings. The van der Waals surface area contributed by atoms with Crippen molar-refractivity contribution < 1.29 is 17.9 Å². The summed E-state index contributed by atoms with van der Waals surface area (Å²) >= 11 is 5.74. The van der Waals surface area contributed by atoms with Crippen molar-refractivity contribution in [1.82, 2.24) is 0 Å². The van der Waals surface area contributed by atoms with Crippen molar-refractivity contribution >= 4 is 22.4 Å². The Morgan fingerprint density at radius 1 is 0.963 bits per heavy atom. The molecule has 0 unspecified atom stereocenters. The highest BCUT2D eigenvalue weighted by Crippen LogP contribution is 2.34. The summed E-state index contributed by atoms with van der Waals surface area (Å²) in [5.41, 5.74) is 0.810. The average molecular weight is 393 g/mol. The van der Waals surface area contributed by atoms with E-state index in [1.807, 2.05) is 0 Å². The Hall–Kier alpha value is -2.20. The number of fused-ring (bicyclic) bond motifs is 1. The maximum atomic E-state index is 14.5. The minimum atomic E-state index is -3.49. The van der Waals surface area contributed by atoms with Crippen LogP contribution in [0.1, 0.15) is 37.3 Å². The van der Waals surface area contributed by atoms with Crippen molar-refractivity contribution in [3.05, 3.63) is 76.6 Å². The summed E-state index contributed by atoms with van der Waals surface area (Å²) in [7, 11) is 0. The molecule has 142 valence electrons. The second-order valence-electron chi connectivity index (χ2n) is 6.52. The highest BCUT2D eigenvalue weighted by Gasteiger charge is 2.34. The van der Waals surface area contributed by atoms with Gasteiger partial charge in [-0.05, 0) is 60.2 Å². The number of halogens is 4. The monoisotopic (exact) mass is 392 g/mol. The van der Waals surface area contributed by atoms with Crippen LogP contribution in [0.15, 0.2) is 54.6 Å². The van der Waals surface area contributed by atoms with Crippen molar-refractivity contribution in [1.29, 1.82) is 0 Å². The van der Waals surface area contributed by atoms with Gasteiger partial charge in [0.05, 0.1) is 10.6 Å². The predicted octanol–water partition coefficient (Wildman–Crippen LogP) is 7.49. The van der Waals surface area contributed by atoms with Crippen molar-refractivity contribution in [3.8, 4) is 5.75 Å². The highest BCUT2D eigenvalue weighted by molar-refractivity contribution is 6.31. The lowest BCUT2D eigenvalue weighted by Crippen LogP contribution is -2.21. The Kier molecular flexibility index (Phi) is 5.95. The molecule has 0 spiro atoms. The molecule has 5 heteroatoms. The van der Waals surface area contributed by atoms with E-state index in [9.17, 15) is 13.2 Å². The van der Waals surface area contributed by atoms with Crippen molar-refractivity contribution in [2.75, 3.05) is 0 Å². The van der Waals surface area contributed by atoms with Crippen molar-refractivity contribution in [2.24, 2.45) is 0 Å². The summed E-state index contributed by atoms with van der Waals surface area (Å²) in [6.45, 7) is 2.12. The average Bonchev–Trinajstić information content (AvgIpc) is 2.65. The first kappa shape index (κ1) is 19.6. The first-order valence-electron chi connectivity index (χ1n) is 8.94. The maximum Gasteiger partial charge on any atom is 0.426 e. The largest absolute Gasteiger partial charge is 0.429 e. The molecule has 0 aliphatic heterocycles. The van der Waals surface area contributed by atoms with Crippen LogP contribution in [0.25, 0.3) is 10.8 Å². The molecule has 3 rings (SSSR count). The SMILES string of the molecule is CCCCCc1ccc(C(F)(F)Oc2ccc3c(F)c(Cl)ccc3c2)cc1. The van der Waals surface area contributed by atoms with E-state index in [2.05, 4.69) is 6.92 Å². The molecule has 0 bridgehead atoms. The first-order valence-corrected chi connectivity index (χ1v) is 9.32. The van der Waals surface area contributed by atoms with Crippen molar-refractivity contribution in [2.45, 2.75) is 38.7 Å². The number of aryl methyl sites for hydroxylation is 1. The van der Waals surface area contributed by atoms with Gasteiger partial charge in [0.2, 0.25) is 0 Å². The van der Waals surface area contributed by atoms with Gasteiger partial charge in [-0.15, -0.1) is 0 Å². The number of ether oxygens (including phenoxy) is 1. The minimum absolute atomic E-state index is 0.0134. The van der Waals surface area contributed by atoms with E-state index in [0.717, 1.165) is 31.2 Å². The third kappa shape index (κ3) is 4.56. The number of rotatable bonds is 7. The van der Waals surface area contributed by atoms with Gasteiger partial charge in [-0.1, -0.05) is 49.6 Å². The Morgan fingerprint density at radius 3 is 2.41 bits per heavy atom. The molecule has 0 fully saturated rings. The predicted molar refractivity (Wildman–Crippen MR) is 103 cm³/mol. The zero-order valence-electron chi connectivity index (χ0n) is 14.9. The van der Waals surface area contributed by atoms with Gasteiger partial charge >= 0.3 is 6.11 Å². The topological polar surface area (TPSA) is 9.23 Å². The summed E-state index contributed by atoms with van der Waals surface area (Å²) in [6.07, 6.45) is 0.668. The molecule has 0 N–H and O–H groups in total. The van der Waals surface area contributed by atoms with Crippen LogP contribution in [-0.2, 0) is 12.5 Å². The van der Waals surface area contributed by atoms with Crippen LogP contribution in [0, 0.1) is 5.82 Å². The number of alkyl halides is 2. The standard InChI is InChI=1S/C22H20ClF3O/c1-2-3-4-5-15-6-9-17(10-7-15)22(25,26)27-18-11-12-19-16(14-18)8-13-20(23)21(19)24/h6-14H,2-5H2,1H3. The van der Waals surface area contributed by atoms with Crippen molar-refractivity contribution in [3.63, 3.8) is 0 Å².